The number of nitrogens with zero attached hydrogens (tertiary/aromatic N) is 1. The Balaban J connectivity index is 4.01. The van der Waals surface area contributed by atoms with Gasteiger partial charge in [-0.3, -0.25) is 4.79 Å². The van der Waals surface area contributed by atoms with Gasteiger partial charge in [0, 0.05) is 24.5 Å². The first-order valence-electron chi connectivity index (χ1n) is 7.45. The first-order valence-corrected chi connectivity index (χ1v) is 7.45. The smallest absolute Gasteiger partial charge is 0.222 e. The maximum Gasteiger partial charge on any atom is 0.222 e. The van der Waals surface area contributed by atoms with Gasteiger partial charge >= 0.3 is 0 Å². The second kappa shape index (κ2) is 9.32. The number of likely N-dealkylation sites (N-methyl/N-ethyl adjacent to an activating group) is 1. The van der Waals surface area contributed by atoms with Crippen molar-refractivity contribution in [2.24, 2.45) is 17.6 Å². The van der Waals surface area contributed by atoms with E-state index in [2.05, 4.69) is 38.2 Å². The van der Waals surface area contributed by atoms with Crippen LogP contribution in [0.25, 0.3) is 0 Å². The first-order chi connectivity index (χ1) is 8.75. The van der Waals surface area contributed by atoms with Gasteiger partial charge in [-0.05, 0) is 39.8 Å². The number of hydrogen-bond donors (Lipinski definition) is 2. The third-order valence-corrected chi connectivity index (χ3v) is 3.66. The molecule has 3 atom stereocenters. The van der Waals surface area contributed by atoms with E-state index in [0.29, 0.717) is 12.0 Å². The molecule has 4 heteroatoms. The zero-order chi connectivity index (χ0) is 15.0. The molecule has 0 aromatic rings. The van der Waals surface area contributed by atoms with Gasteiger partial charge in [0.2, 0.25) is 5.91 Å². The fourth-order valence-corrected chi connectivity index (χ4v) is 2.27. The molecular weight excluding hydrogens is 238 g/mol. The molecule has 0 bridgehead atoms. The lowest BCUT2D eigenvalue weighted by atomic mass is 10.00. The van der Waals surface area contributed by atoms with Gasteiger partial charge in [-0.15, -0.1) is 0 Å². The minimum absolute atomic E-state index is 0.0775. The molecular formula is C15H33N3O. The number of rotatable bonds is 9. The number of carbonyl (C=O) groups is 1. The molecule has 0 aromatic heterocycles. The lowest BCUT2D eigenvalue weighted by Gasteiger charge is -2.28. The summed E-state index contributed by atoms with van der Waals surface area (Å²) in [5.74, 6) is 0.773. The van der Waals surface area contributed by atoms with Crippen molar-refractivity contribution in [1.82, 2.24) is 10.2 Å². The summed E-state index contributed by atoms with van der Waals surface area (Å²) in [5, 5.41) is 3.07. The zero-order valence-corrected chi connectivity index (χ0v) is 13.6. The average Bonchev–Trinajstić information content (AvgIpc) is 2.27. The van der Waals surface area contributed by atoms with Gasteiger partial charge < -0.3 is 16.0 Å². The van der Waals surface area contributed by atoms with Crippen LogP contribution in [0.4, 0.5) is 0 Å². The van der Waals surface area contributed by atoms with Gasteiger partial charge in [0.25, 0.3) is 0 Å². The Bertz CT molecular complexity index is 244. The van der Waals surface area contributed by atoms with E-state index in [1.807, 2.05) is 13.8 Å². The van der Waals surface area contributed by atoms with Crippen molar-refractivity contribution in [3.8, 4) is 0 Å². The Morgan fingerprint density at radius 3 is 2.16 bits per heavy atom. The molecule has 0 spiro atoms. The average molecular weight is 271 g/mol. The highest BCUT2D eigenvalue weighted by Crippen LogP contribution is 2.10. The molecule has 0 fully saturated rings. The van der Waals surface area contributed by atoms with E-state index in [1.54, 1.807) is 0 Å². The van der Waals surface area contributed by atoms with Crippen LogP contribution >= 0.6 is 0 Å². The van der Waals surface area contributed by atoms with Gasteiger partial charge in [-0.25, -0.2) is 0 Å². The van der Waals surface area contributed by atoms with Crippen LogP contribution in [0, 0.1) is 11.8 Å². The molecule has 0 aromatic carbocycles. The van der Waals surface area contributed by atoms with Crippen LogP contribution in [-0.4, -0.2) is 43.5 Å². The molecule has 0 aliphatic carbocycles. The Morgan fingerprint density at radius 1 is 1.16 bits per heavy atom. The van der Waals surface area contributed by atoms with E-state index in [-0.39, 0.29) is 17.9 Å². The summed E-state index contributed by atoms with van der Waals surface area (Å²) in [6.07, 6.45) is 2.93. The summed E-state index contributed by atoms with van der Waals surface area (Å²) in [6.45, 7) is 9.10. The topological polar surface area (TPSA) is 58.4 Å². The third-order valence-electron chi connectivity index (χ3n) is 3.66. The monoisotopic (exact) mass is 271 g/mol. The fraction of sp³-hybridized carbons (Fsp3) is 0.933. The lowest BCUT2D eigenvalue weighted by molar-refractivity contribution is -0.125. The van der Waals surface area contributed by atoms with Crippen molar-refractivity contribution in [3.63, 3.8) is 0 Å². The highest BCUT2D eigenvalue weighted by atomic mass is 16.1. The maximum absolute atomic E-state index is 12.0. The van der Waals surface area contributed by atoms with Gasteiger partial charge in [0.05, 0.1) is 0 Å². The molecule has 0 radical (unpaired) electrons. The molecule has 19 heavy (non-hydrogen) atoms. The van der Waals surface area contributed by atoms with Crippen molar-refractivity contribution in [3.05, 3.63) is 0 Å². The summed E-state index contributed by atoms with van der Waals surface area (Å²) >= 11 is 0. The Morgan fingerprint density at radius 2 is 1.74 bits per heavy atom. The molecule has 114 valence electrons. The zero-order valence-electron chi connectivity index (χ0n) is 13.6. The molecule has 3 unspecified atom stereocenters. The maximum atomic E-state index is 12.0. The number of nitrogens with one attached hydrogen (secondary N) is 1. The summed E-state index contributed by atoms with van der Waals surface area (Å²) in [7, 11) is 4.12. The van der Waals surface area contributed by atoms with E-state index in [9.17, 15) is 4.79 Å². The standard InChI is InChI=1S/C15H33N3O/c1-11(2)14(18(5)6)10-17-15(19)12(3)8-7-9-13(4)16/h11-14H,7-10,16H2,1-6H3,(H,17,19). The Kier molecular flexibility index (Phi) is 9.02. The van der Waals surface area contributed by atoms with Crippen LogP contribution in [-0.2, 0) is 4.79 Å². The number of carbonyl (C=O) groups excluding carboxylic acids is 1. The molecule has 0 saturated carbocycles. The number of nitrogens with two attached hydrogens (primary N) is 1. The van der Waals surface area contributed by atoms with Crippen LogP contribution in [0.5, 0.6) is 0 Å². The minimum atomic E-state index is 0.0775. The van der Waals surface area contributed by atoms with Crippen molar-refractivity contribution in [1.29, 1.82) is 0 Å². The predicted molar refractivity (Wildman–Crippen MR) is 82.0 cm³/mol. The highest BCUT2D eigenvalue weighted by Gasteiger charge is 2.18. The second-order valence-electron chi connectivity index (χ2n) is 6.33. The summed E-state index contributed by atoms with van der Waals surface area (Å²) in [4.78, 5) is 14.2. The fourth-order valence-electron chi connectivity index (χ4n) is 2.27. The molecule has 0 rings (SSSR count). The summed E-state index contributed by atoms with van der Waals surface area (Å²) in [6, 6.07) is 0.620. The van der Waals surface area contributed by atoms with E-state index < -0.39 is 0 Å². The molecule has 0 heterocycles. The molecule has 4 nitrogen and oxygen atoms in total. The first kappa shape index (κ1) is 18.4. The minimum Gasteiger partial charge on any atom is -0.354 e. The number of amides is 1. The van der Waals surface area contributed by atoms with Crippen LogP contribution in [0.15, 0.2) is 0 Å². The Hall–Kier alpha value is -0.610. The third kappa shape index (κ3) is 8.22. The highest BCUT2D eigenvalue weighted by molar-refractivity contribution is 5.78. The molecule has 0 saturated heterocycles. The largest absolute Gasteiger partial charge is 0.354 e. The predicted octanol–water partition coefficient (Wildman–Crippen LogP) is 1.84. The van der Waals surface area contributed by atoms with Crippen molar-refractivity contribution >= 4 is 5.91 Å². The number of hydrogen-bond acceptors (Lipinski definition) is 3. The van der Waals surface area contributed by atoms with Crippen LogP contribution < -0.4 is 11.1 Å². The second-order valence-corrected chi connectivity index (χ2v) is 6.33. The van der Waals surface area contributed by atoms with Gasteiger partial charge in [0.1, 0.15) is 0 Å². The van der Waals surface area contributed by atoms with Crippen molar-refractivity contribution < 1.29 is 4.79 Å². The van der Waals surface area contributed by atoms with Crippen LogP contribution in [0.1, 0.15) is 47.0 Å². The van der Waals surface area contributed by atoms with Crippen molar-refractivity contribution in [2.75, 3.05) is 20.6 Å². The summed E-state index contributed by atoms with van der Waals surface area (Å²) < 4.78 is 0. The van der Waals surface area contributed by atoms with Gasteiger partial charge in [-0.2, -0.15) is 0 Å². The van der Waals surface area contributed by atoms with E-state index in [0.717, 1.165) is 25.8 Å². The Labute approximate surface area is 119 Å². The van der Waals surface area contributed by atoms with Gasteiger partial charge in [0.15, 0.2) is 0 Å². The van der Waals surface area contributed by atoms with Crippen LogP contribution in [0.2, 0.25) is 0 Å². The lowest BCUT2D eigenvalue weighted by Crippen LogP contribution is -2.44. The van der Waals surface area contributed by atoms with Crippen molar-refractivity contribution in [2.45, 2.75) is 59.0 Å². The summed E-state index contributed by atoms with van der Waals surface area (Å²) in [5.41, 5.74) is 5.71. The quantitative estimate of drug-likeness (QED) is 0.673. The molecule has 0 aliphatic rings. The van der Waals surface area contributed by atoms with E-state index >= 15 is 0 Å². The van der Waals surface area contributed by atoms with Gasteiger partial charge in [-0.1, -0.05) is 27.2 Å². The molecule has 1 amide bonds. The van der Waals surface area contributed by atoms with Crippen LogP contribution in [0.3, 0.4) is 0 Å². The molecule has 3 N–H and O–H groups in total. The SMILES string of the molecule is CC(N)CCCC(C)C(=O)NCC(C(C)C)N(C)C. The van der Waals surface area contributed by atoms with E-state index in [1.165, 1.54) is 0 Å². The van der Waals surface area contributed by atoms with E-state index in [4.69, 9.17) is 5.73 Å². The molecule has 0 aliphatic heterocycles. The normalized spacial score (nSPS) is 16.5.